The van der Waals surface area contributed by atoms with E-state index in [1.807, 2.05) is 4.90 Å². The molecule has 1 aliphatic heterocycles. The van der Waals surface area contributed by atoms with E-state index in [1.54, 1.807) is 4.90 Å². The molecule has 0 aromatic heterocycles. The molecule has 1 aliphatic carbocycles. The molecule has 8 heteroatoms. The zero-order chi connectivity index (χ0) is 14.5. The predicted octanol–water partition coefficient (Wildman–Crippen LogP) is 0.217. The van der Waals surface area contributed by atoms with Crippen molar-refractivity contribution in [3.8, 4) is 0 Å². The van der Waals surface area contributed by atoms with Crippen LogP contribution in [0.1, 0.15) is 32.1 Å². The van der Waals surface area contributed by atoms with Crippen molar-refractivity contribution in [2.75, 3.05) is 26.2 Å². The van der Waals surface area contributed by atoms with Gasteiger partial charge in [0.05, 0.1) is 0 Å². The number of piperazine rings is 1. The number of rotatable bonds is 2. The highest BCUT2D eigenvalue weighted by molar-refractivity contribution is 5.80. The monoisotopic (exact) mass is 283 g/mol. The Morgan fingerprint density at radius 3 is 2.20 bits per heavy atom. The van der Waals surface area contributed by atoms with Crippen LogP contribution in [0.4, 0.5) is 0 Å². The van der Waals surface area contributed by atoms with Crippen LogP contribution in [0.3, 0.4) is 0 Å². The predicted molar refractivity (Wildman–Crippen MR) is 73.3 cm³/mol. The molecular formula is C12H21N5O3. The molecule has 0 radical (unpaired) electrons. The maximum absolute atomic E-state index is 12.3. The van der Waals surface area contributed by atoms with Gasteiger partial charge >= 0.3 is 0 Å². The van der Waals surface area contributed by atoms with Gasteiger partial charge in [-0.25, -0.2) is 10.1 Å². The maximum Gasteiger partial charge on any atom is 0.268 e. The molecule has 2 rings (SSSR count). The van der Waals surface area contributed by atoms with Crippen LogP contribution >= 0.6 is 0 Å². The Morgan fingerprint density at radius 2 is 1.65 bits per heavy atom. The van der Waals surface area contributed by atoms with Crippen molar-refractivity contribution < 1.29 is 9.83 Å². The lowest BCUT2D eigenvalue weighted by Crippen LogP contribution is -2.54. The normalized spacial score (nSPS) is 21.9. The van der Waals surface area contributed by atoms with Crippen molar-refractivity contribution in [1.82, 2.24) is 9.80 Å². The summed E-state index contributed by atoms with van der Waals surface area (Å²) < 4.78 is 0. The number of nitrogens with zero attached hydrogens (tertiary/aromatic N) is 4. The second-order valence-electron chi connectivity index (χ2n) is 5.34. The summed E-state index contributed by atoms with van der Waals surface area (Å²) in [7, 11) is 0. The first-order valence-corrected chi connectivity index (χ1v) is 7.10. The van der Waals surface area contributed by atoms with E-state index < -0.39 is 5.03 Å². The molecule has 0 aromatic carbocycles. The van der Waals surface area contributed by atoms with Gasteiger partial charge in [0, 0.05) is 32.1 Å². The van der Waals surface area contributed by atoms with Gasteiger partial charge in [-0.3, -0.25) is 4.79 Å². The Kier molecular flexibility index (Phi) is 4.75. The van der Waals surface area contributed by atoms with E-state index in [9.17, 15) is 14.9 Å². The number of nitro groups is 1. The van der Waals surface area contributed by atoms with Crippen LogP contribution in [0, 0.1) is 16.0 Å². The van der Waals surface area contributed by atoms with Gasteiger partial charge in [-0.05, 0) is 12.8 Å². The van der Waals surface area contributed by atoms with Crippen molar-refractivity contribution in [3.63, 3.8) is 0 Å². The number of hydrogen-bond donors (Lipinski definition) is 1. The molecule has 0 unspecified atom stereocenters. The number of amides is 1. The van der Waals surface area contributed by atoms with E-state index in [-0.39, 0.29) is 17.8 Å². The number of hydrogen-bond acceptors (Lipinski definition) is 3. The van der Waals surface area contributed by atoms with Crippen LogP contribution < -0.4 is 5.73 Å². The highest BCUT2D eigenvalue weighted by Gasteiger charge is 2.29. The smallest absolute Gasteiger partial charge is 0.268 e. The van der Waals surface area contributed by atoms with E-state index in [0.29, 0.717) is 26.2 Å². The Hall–Kier alpha value is -1.86. The van der Waals surface area contributed by atoms with Crippen molar-refractivity contribution in [3.05, 3.63) is 10.1 Å². The fourth-order valence-electron chi connectivity index (χ4n) is 2.91. The number of hydrazone groups is 1. The Bertz CT molecular complexity index is 398. The molecule has 2 fully saturated rings. The van der Waals surface area contributed by atoms with Crippen LogP contribution in [-0.4, -0.2) is 52.9 Å². The minimum atomic E-state index is -0.797. The third kappa shape index (κ3) is 3.58. The molecule has 112 valence electrons. The second kappa shape index (κ2) is 6.53. The fraction of sp³-hybridized carbons (Fsp3) is 0.833. The van der Waals surface area contributed by atoms with Crippen molar-refractivity contribution in [1.29, 1.82) is 0 Å². The van der Waals surface area contributed by atoms with Crippen LogP contribution in [0.15, 0.2) is 5.10 Å². The van der Waals surface area contributed by atoms with Gasteiger partial charge in [0.2, 0.25) is 5.91 Å². The van der Waals surface area contributed by atoms with E-state index in [0.717, 1.165) is 25.7 Å². The summed E-state index contributed by atoms with van der Waals surface area (Å²) in [4.78, 5) is 26.1. The minimum Gasteiger partial charge on any atom is -0.365 e. The molecule has 0 bridgehead atoms. The SMILES string of the molecule is N/C(=N\[N+](=O)[O-])N1CCN(C(=O)C2CCCCC2)CC1. The van der Waals surface area contributed by atoms with E-state index in [1.165, 1.54) is 6.42 Å². The zero-order valence-corrected chi connectivity index (χ0v) is 11.5. The highest BCUT2D eigenvalue weighted by atomic mass is 16.7. The van der Waals surface area contributed by atoms with Gasteiger partial charge in [0.15, 0.2) is 5.03 Å². The third-order valence-electron chi connectivity index (χ3n) is 4.05. The summed E-state index contributed by atoms with van der Waals surface area (Å²) in [5.41, 5.74) is 5.54. The number of nitrogens with two attached hydrogens (primary N) is 1. The number of carbonyl (C=O) groups is 1. The van der Waals surface area contributed by atoms with Gasteiger partial charge < -0.3 is 15.5 Å². The van der Waals surface area contributed by atoms with Gasteiger partial charge in [-0.2, -0.15) is 0 Å². The molecule has 8 nitrogen and oxygen atoms in total. The quantitative estimate of drug-likeness (QED) is 0.338. The average molecular weight is 283 g/mol. The van der Waals surface area contributed by atoms with Crippen LogP contribution in [-0.2, 0) is 4.79 Å². The molecule has 20 heavy (non-hydrogen) atoms. The average Bonchev–Trinajstić information content (AvgIpc) is 2.47. The maximum atomic E-state index is 12.3. The molecule has 2 aliphatic rings. The van der Waals surface area contributed by atoms with Crippen molar-refractivity contribution >= 4 is 11.9 Å². The van der Waals surface area contributed by atoms with Crippen LogP contribution in [0.25, 0.3) is 0 Å². The summed E-state index contributed by atoms with van der Waals surface area (Å²) in [6.07, 6.45) is 5.48. The molecule has 2 N–H and O–H groups in total. The molecule has 1 saturated carbocycles. The summed E-state index contributed by atoms with van der Waals surface area (Å²) in [6, 6.07) is 0. The van der Waals surface area contributed by atoms with Gasteiger partial charge in [-0.1, -0.05) is 19.3 Å². The van der Waals surface area contributed by atoms with E-state index in [2.05, 4.69) is 5.10 Å². The van der Waals surface area contributed by atoms with Crippen molar-refractivity contribution in [2.45, 2.75) is 32.1 Å². The highest BCUT2D eigenvalue weighted by Crippen LogP contribution is 2.25. The Balaban J connectivity index is 1.84. The fourth-order valence-corrected chi connectivity index (χ4v) is 2.91. The topological polar surface area (TPSA) is 105 Å². The molecule has 1 amide bonds. The Morgan fingerprint density at radius 1 is 1.10 bits per heavy atom. The lowest BCUT2D eigenvalue weighted by atomic mass is 9.88. The minimum absolute atomic E-state index is 0.0836. The van der Waals surface area contributed by atoms with Gasteiger partial charge in [0.1, 0.15) is 5.10 Å². The van der Waals surface area contributed by atoms with Crippen LogP contribution in [0.5, 0.6) is 0 Å². The molecule has 0 spiro atoms. The second-order valence-corrected chi connectivity index (χ2v) is 5.34. The first-order chi connectivity index (χ1) is 9.58. The number of guanidine groups is 1. The van der Waals surface area contributed by atoms with E-state index >= 15 is 0 Å². The first kappa shape index (κ1) is 14.5. The summed E-state index contributed by atoms with van der Waals surface area (Å²) in [6.45, 7) is 2.12. The standard InChI is InChI=1S/C12H21N5O3/c13-12(14-17(19)20)16-8-6-15(7-9-16)11(18)10-4-2-1-3-5-10/h10H,1-9H2,(H2,13,14). The zero-order valence-electron chi connectivity index (χ0n) is 11.5. The van der Waals surface area contributed by atoms with Gasteiger partial charge in [0.25, 0.3) is 5.96 Å². The summed E-state index contributed by atoms with van der Waals surface area (Å²) >= 11 is 0. The van der Waals surface area contributed by atoms with E-state index in [4.69, 9.17) is 5.73 Å². The summed E-state index contributed by atoms with van der Waals surface area (Å²) in [5.74, 6) is 0.314. The molecular weight excluding hydrogens is 262 g/mol. The van der Waals surface area contributed by atoms with Crippen LogP contribution in [0.2, 0.25) is 0 Å². The van der Waals surface area contributed by atoms with Gasteiger partial charge in [-0.15, -0.1) is 0 Å². The molecule has 0 atom stereocenters. The largest absolute Gasteiger partial charge is 0.365 e. The Labute approximate surface area is 117 Å². The summed E-state index contributed by atoms with van der Waals surface area (Å²) in [5, 5.41) is 12.6. The lowest BCUT2D eigenvalue weighted by molar-refractivity contribution is -0.485. The molecule has 1 saturated heterocycles. The first-order valence-electron chi connectivity index (χ1n) is 7.10. The molecule has 1 heterocycles. The lowest BCUT2D eigenvalue weighted by Gasteiger charge is -2.36. The molecule has 0 aromatic rings. The third-order valence-corrected chi connectivity index (χ3v) is 4.05. The number of carbonyl (C=O) groups excluding carboxylic acids is 1. The van der Waals surface area contributed by atoms with Crippen molar-refractivity contribution in [2.24, 2.45) is 16.8 Å².